The third-order valence-electron chi connectivity index (χ3n) is 4.11. The Balaban J connectivity index is 1.73. The molecule has 4 aromatic rings. The van der Waals surface area contributed by atoms with Gasteiger partial charge in [0.05, 0.1) is 0 Å². The Labute approximate surface area is 170 Å². The van der Waals surface area contributed by atoms with Gasteiger partial charge in [0.2, 0.25) is 0 Å². The van der Waals surface area contributed by atoms with Crippen molar-refractivity contribution in [2.75, 3.05) is 0 Å². The molecule has 2 heterocycles. The van der Waals surface area contributed by atoms with E-state index in [-0.39, 0.29) is 0 Å². The van der Waals surface area contributed by atoms with Crippen molar-refractivity contribution in [3.05, 3.63) is 88.7 Å². The molecule has 0 amide bonds. The molecular formula is C21H17BrN4S. The van der Waals surface area contributed by atoms with E-state index in [4.69, 9.17) is 0 Å². The second kappa shape index (κ2) is 8.06. The van der Waals surface area contributed by atoms with E-state index in [1.165, 1.54) is 11.1 Å². The van der Waals surface area contributed by atoms with Crippen LogP contribution in [0.2, 0.25) is 0 Å². The minimum Gasteiger partial charge on any atom is -0.270 e. The molecule has 0 saturated heterocycles. The molecule has 134 valence electrons. The van der Waals surface area contributed by atoms with Gasteiger partial charge in [-0.3, -0.25) is 9.55 Å². The molecule has 0 radical (unpaired) electrons. The summed E-state index contributed by atoms with van der Waals surface area (Å²) in [4.78, 5) is 4.11. The molecule has 0 unspecified atom stereocenters. The Hall–Kier alpha value is -2.44. The van der Waals surface area contributed by atoms with Crippen molar-refractivity contribution >= 4 is 27.7 Å². The monoisotopic (exact) mass is 436 g/mol. The topological polar surface area (TPSA) is 43.6 Å². The lowest BCUT2D eigenvalue weighted by molar-refractivity contribution is 0.885. The van der Waals surface area contributed by atoms with Crippen molar-refractivity contribution in [1.82, 2.24) is 19.7 Å². The fourth-order valence-electron chi connectivity index (χ4n) is 2.82. The van der Waals surface area contributed by atoms with E-state index < -0.39 is 0 Å². The molecule has 2 aromatic carbocycles. The lowest BCUT2D eigenvalue weighted by atomic mass is 10.2. The lowest BCUT2D eigenvalue weighted by Crippen LogP contribution is -2.00. The first-order valence-corrected chi connectivity index (χ1v) is 10.3. The molecule has 27 heavy (non-hydrogen) atoms. The van der Waals surface area contributed by atoms with Crippen LogP contribution in [0.1, 0.15) is 11.1 Å². The number of aromatic nitrogens is 4. The lowest BCUT2D eigenvalue weighted by Gasteiger charge is -2.10. The second-order valence-corrected chi connectivity index (χ2v) is 7.99. The largest absolute Gasteiger partial charge is 0.270 e. The summed E-state index contributed by atoms with van der Waals surface area (Å²) >= 11 is 5.19. The molecule has 0 bridgehead atoms. The van der Waals surface area contributed by atoms with Crippen LogP contribution in [0.15, 0.2) is 82.7 Å². The predicted octanol–water partition coefficient (Wildman–Crippen LogP) is 5.69. The maximum absolute atomic E-state index is 4.47. The van der Waals surface area contributed by atoms with Crippen molar-refractivity contribution in [3.63, 3.8) is 0 Å². The van der Waals surface area contributed by atoms with Crippen LogP contribution in [0.5, 0.6) is 0 Å². The van der Waals surface area contributed by atoms with Gasteiger partial charge in [0, 0.05) is 33.9 Å². The summed E-state index contributed by atoms with van der Waals surface area (Å²) in [5, 5.41) is 9.81. The zero-order valence-corrected chi connectivity index (χ0v) is 17.1. The molecule has 0 spiro atoms. The van der Waals surface area contributed by atoms with Gasteiger partial charge in [0.15, 0.2) is 11.0 Å². The van der Waals surface area contributed by atoms with Gasteiger partial charge in [-0.25, -0.2) is 0 Å². The molecule has 0 saturated carbocycles. The summed E-state index contributed by atoms with van der Waals surface area (Å²) in [7, 11) is 0. The number of rotatable bonds is 5. The van der Waals surface area contributed by atoms with Crippen LogP contribution in [0.25, 0.3) is 17.1 Å². The van der Waals surface area contributed by atoms with Crippen LogP contribution in [-0.4, -0.2) is 19.7 Å². The van der Waals surface area contributed by atoms with Gasteiger partial charge < -0.3 is 0 Å². The zero-order valence-electron chi connectivity index (χ0n) is 14.7. The molecule has 0 fully saturated rings. The SMILES string of the molecule is Cc1cccc(CSc2nnc(-c3ccncc3)n2-c2ccc(Br)cc2)c1. The van der Waals surface area contributed by atoms with Crippen molar-refractivity contribution in [2.45, 2.75) is 17.8 Å². The molecular weight excluding hydrogens is 420 g/mol. The first-order valence-electron chi connectivity index (χ1n) is 8.51. The van der Waals surface area contributed by atoms with Gasteiger partial charge in [0.1, 0.15) is 0 Å². The van der Waals surface area contributed by atoms with Gasteiger partial charge >= 0.3 is 0 Å². The Morgan fingerprint density at radius 2 is 1.74 bits per heavy atom. The van der Waals surface area contributed by atoms with Crippen LogP contribution >= 0.6 is 27.7 Å². The van der Waals surface area contributed by atoms with Crippen LogP contribution in [-0.2, 0) is 5.75 Å². The third kappa shape index (κ3) is 4.12. The average Bonchev–Trinajstić information content (AvgIpc) is 3.12. The highest BCUT2D eigenvalue weighted by Gasteiger charge is 2.16. The molecule has 0 aliphatic heterocycles. The van der Waals surface area contributed by atoms with E-state index in [1.54, 1.807) is 24.2 Å². The van der Waals surface area contributed by atoms with E-state index in [0.717, 1.165) is 32.5 Å². The first-order chi connectivity index (χ1) is 13.2. The van der Waals surface area contributed by atoms with Crippen LogP contribution < -0.4 is 0 Å². The summed E-state index contributed by atoms with van der Waals surface area (Å²) in [6.07, 6.45) is 3.55. The van der Waals surface area contributed by atoms with Crippen LogP contribution in [0.3, 0.4) is 0 Å². The average molecular weight is 437 g/mol. The van der Waals surface area contributed by atoms with E-state index >= 15 is 0 Å². The van der Waals surface area contributed by atoms with Crippen molar-refractivity contribution in [3.8, 4) is 17.1 Å². The number of pyridine rings is 1. The smallest absolute Gasteiger partial charge is 0.196 e. The Morgan fingerprint density at radius 3 is 2.48 bits per heavy atom. The maximum atomic E-state index is 4.47. The second-order valence-electron chi connectivity index (χ2n) is 6.13. The summed E-state index contributed by atoms with van der Waals surface area (Å²) < 4.78 is 3.14. The normalized spacial score (nSPS) is 10.9. The molecule has 4 rings (SSSR count). The summed E-state index contributed by atoms with van der Waals surface area (Å²) in [5.74, 6) is 1.65. The van der Waals surface area contributed by atoms with E-state index in [9.17, 15) is 0 Å². The molecule has 0 N–H and O–H groups in total. The number of nitrogens with zero attached hydrogens (tertiary/aromatic N) is 4. The third-order valence-corrected chi connectivity index (χ3v) is 5.64. The summed E-state index contributed by atoms with van der Waals surface area (Å²) in [6, 6.07) is 20.6. The molecule has 6 heteroatoms. The Morgan fingerprint density at radius 1 is 0.963 bits per heavy atom. The van der Waals surface area contributed by atoms with Gasteiger partial charge in [-0.2, -0.15) is 0 Å². The van der Waals surface area contributed by atoms with E-state index in [1.807, 2.05) is 24.3 Å². The zero-order chi connectivity index (χ0) is 18.6. The quantitative estimate of drug-likeness (QED) is 0.376. The highest BCUT2D eigenvalue weighted by Crippen LogP contribution is 2.30. The number of hydrogen-bond donors (Lipinski definition) is 0. The van der Waals surface area contributed by atoms with Crippen LogP contribution in [0, 0.1) is 6.92 Å². The summed E-state index contributed by atoms with van der Waals surface area (Å²) in [6.45, 7) is 2.11. The first kappa shape index (κ1) is 17.9. The van der Waals surface area contributed by atoms with E-state index in [0.29, 0.717) is 0 Å². The summed E-state index contributed by atoms with van der Waals surface area (Å²) in [5.41, 5.74) is 4.56. The van der Waals surface area contributed by atoms with Crippen molar-refractivity contribution < 1.29 is 0 Å². The van der Waals surface area contributed by atoms with E-state index in [2.05, 4.69) is 79.0 Å². The molecule has 0 aliphatic carbocycles. The number of hydrogen-bond acceptors (Lipinski definition) is 4. The van der Waals surface area contributed by atoms with Gasteiger partial charge in [-0.15, -0.1) is 10.2 Å². The predicted molar refractivity (Wildman–Crippen MR) is 113 cm³/mol. The van der Waals surface area contributed by atoms with Gasteiger partial charge in [-0.05, 0) is 48.9 Å². The van der Waals surface area contributed by atoms with Crippen molar-refractivity contribution in [1.29, 1.82) is 0 Å². The fraction of sp³-hybridized carbons (Fsp3) is 0.0952. The van der Waals surface area contributed by atoms with Crippen LogP contribution in [0.4, 0.5) is 0 Å². The molecule has 0 atom stereocenters. The molecule has 4 nitrogen and oxygen atoms in total. The number of aryl methyl sites for hydroxylation is 1. The minimum absolute atomic E-state index is 0.812. The maximum Gasteiger partial charge on any atom is 0.196 e. The van der Waals surface area contributed by atoms with Gasteiger partial charge in [-0.1, -0.05) is 57.5 Å². The molecule has 2 aromatic heterocycles. The highest BCUT2D eigenvalue weighted by molar-refractivity contribution is 9.10. The Bertz CT molecular complexity index is 1050. The highest BCUT2D eigenvalue weighted by atomic mass is 79.9. The standard InChI is InChI=1S/C21H17BrN4S/c1-15-3-2-4-16(13-15)14-27-21-25-24-20(17-9-11-23-12-10-17)26(21)19-7-5-18(22)6-8-19/h2-13H,14H2,1H3. The van der Waals surface area contributed by atoms with Crippen molar-refractivity contribution in [2.24, 2.45) is 0 Å². The van der Waals surface area contributed by atoms with Gasteiger partial charge in [0.25, 0.3) is 0 Å². The molecule has 0 aliphatic rings. The fourth-order valence-corrected chi connectivity index (χ4v) is 3.98. The number of halogens is 1. The number of benzene rings is 2. The Kier molecular flexibility index (Phi) is 5.36. The number of thioether (sulfide) groups is 1. The minimum atomic E-state index is 0.812.